The van der Waals surface area contributed by atoms with E-state index < -0.39 is 0 Å². The van der Waals surface area contributed by atoms with Crippen molar-refractivity contribution in [3.8, 4) is 5.75 Å². The van der Waals surface area contributed by atoms with Crippen molar-refractivity contribution in [3.05, 3.63) is 29.8 Å². The third kappa shape index (κ3) is 1.95. The molecule has 0 N–H and O–H groups in total. The Kier molecular flexibility index (Phi) is 3.48. The normalized spacial score (nSPS) is 12.6. The Bertz CT molecular complexity index is 247. The highest BCUT2D eigenvalue weighted by Gasteiger charge is 2.08. The van der Waals surface area contributed by atoms with Gasteiger partial charge in [-0.3, -0.25) is 0 Å². The molecule has 1 unspecified atom stereocenters. The van der Waals surface area contributed by atoms with Crippen LogP contribution in [0.4, 0.5) is 0 Å². The Labute approximate surface area is 79.2 Å². The number of ether oxygens (including phenoxy) is 1. The van der Waals surface area contributed by atoms with Gasteiger partial charge in [-0.15, -0.1) is 0 Å². The number of hydrogen-bond acceptors (Lipinski definition) is 2. The highest BCUT2D eigenvalue weighted by Crippen LogP contribution is 2.30. The molecule has 1 aromatic rings. The van der Waals surface area contributed by atoms with Gasteiger partial charge in [0, 0.05) is 10.8 Å². The van der Waals surface area contributed by atoms with Crippen molar-refractivity contribution < 1.29 is 4.74 Å². The topological polar surface area (TPSA) is 9.23 Å². The number of methoxy groups -OCH3 is 1. The van der Waals surface area contributed by atoms with Crippen LogP contribution in [-0.4, -0.2) is 7.11 Å². The lowest BCUT2D eigenvalue weighted by Gasteiger charge is -2.12. The largest absolute Gasteiger partial charge is 0.496 e. The molecule has 66 valence electrons. The molecule has 0 bridgehead atoms. The molecule has 0 fully saturated rings. The monoisotopic (exact) mass is 182 g/mol. The zero-order valence-corrected chi connectivity index (χ0v) is 8.34. The molecule has 0 heterocycles. The number of thiol groups is 1. The Morgan fingerprint density at radius 3 is 2.67 bits per heavy atom. The van der Waals surface area contributed by atoms with E-state index in [1.807, 2.05) is 18.2 Å². The molecule has 1 aromatic carbocycles. The highest BCUT2D eigenvalue weighted by molar-refractivity contribution is 7.80. The van der Waals surface area contributed by atoms with E-state index >= 15 is 0 Å². The van der Waals surface area contributed by atoms with Gasteiger partial charge in [-0.05, 0) is 12.5 Å². The lowest BCUT2D eigenvalue weighted by atomic mass is 10.1. The summed E-state index contributed by atoms with van der Waals surface area (Å²) >= 11 is 4.46. The summed E-state index contributed by atoms with van der Waals surface area (Å²) in [6, 6.07) is 8.00. The summed E-state index contributed by atoms with van der Waals surface area (Å²) in [5.74, 6) is 0.930. The molecule has 0 aliphatic carbocycles. The lowest BCUT2D eigenvalue weighted by Crippen LogP contribution is -1.93. The number of hydrogen-bond donors (Lipinski definition) is 1. The molecule has 0 aromatic heterocycles. The molecular weight excluding hydrogens is 168 g/mol. The first kappa shape index (κ1) is 9.46. The van der Waals surface area contributed by atoms with Gasteiger partial charge in [-0.25, -0.2) is 0 Å². The fourth-order valence-corrected chi connectivity index (χ4v) is 1.37. The van der Waals surface area contributed by atoms with E-state index in [1.165, 1.54) is 5.56 Å². The van der Waals surface area contributed by atoms with Crippen LogP contribution >= 0.6 is 12.6 Å². The van der Waals surface area contributed by atoms with Crippen LogP contribution in [-0.2, 0) is 0 Å². The van der Waals surface area contributed by atoms with Crippen molar-refractivity contribution in [2.45, 2.75) is 18.6 Å². The van der Waals surface area contributed by atoms with Crippen molar-refractivity contribution in [2.75, 3.05) is 7.11 Å². The van der Waals surface area contributed by atoms with Crippen LogP contribution in [0.25, 0.3) is 0 Å². The third-order valence-corrected chi connectivity index (χ3v) is 2.53. The van der Waals surface area contributed by atoms with Crippen LogP contribution in [0.5, 0.6) is 5.75 Å². The van der Waals surface area contributed by atoms with Crippen LogP contribution in [0.1, 0.15) is 24.2 Å². The molecule has 12 heavy (non-hydrogen) atoms. The summed E-state index contributed by atoms with van der Waals surface area (Å²) in [6.07, 6.45) is 1.02. The summed E-state index contributed by atoms with van der Waals surface area (Å²) in [7, 11) is 1.69. The first-order valence-electron chi connectivity index (χ1n) is 4.10. The lowest BCUT2D eigenvalue weighted by molar-refractivity contribution is 0.409. The van der Waals surface area contributed by atoms with Gasteiger partial charge in [-0.1, -0.05) is 25.1 Å². The van der Waals surface area contributed by atoms with Gasteiger partial charge in [0.1, 0.15) is 5.75 Å². The quantitative estimate of drug-likeness (QED) is 0.707. The maximum absolute atomic E-state index is 5.22. The standard InChI is InChI=1S/C10H14OS/c1-3-10(12)8-6-4-5-7-9(8)11-2/h4-7,10,12H,3H2,1-2H3. The van der Waals surface area contributed by atoms with Crippen molar-refractivity contribution in [2.24, 2.45) is 0 Å². The minimum absolute atomic E-state index is 0.279. The van der Waals surface area contributed by atoms with Gasteiger partial charge in [0.05, 0.1) is 7.11 Å². The number of rotatable bonds is 3. The summed E-state index contributed by atoms with van der Waals surface area (Å²) < 4.78 is 5.22. The molecule has 2 heteroatoms. The van der Waals surface area contributed by atoms with Crippen molar-refractivity contribution >= 4 is 12.6 Å². The van der Waals surface area contributed by atoms with Gasteiger partial charge in [0.25, 0.3) is 0 Å². The molecule has 0 radical (unpaired) electrons. The van der Waals surface area contributed by atoms with Crippen molar-refractivity contribution in [1.29, 1.82) is 0 Å². The summed E-state index contributed by atoms with van der Waals surface area (Å²) in [4.78, 5) is 0. The summed E-state index contributed by atoms with van der Waals surface area (Å²) in [5.41, 5.74) is 1.17. The Balaban J connectivity index is 2.96. The van der Waals surface area contributed by atoms with Crippen LogP contribution in [0.15, 0.2) is 24.3 Å². The average molecular weight is 182 g/mol. The fraction of sp³-hybridized carbons (Fsp3) is 0.400. The second-order valence-corrected chi connectivity index (χ2v) is 3.29. The highest BCUT2D eigenvalue weighted by atomic mass is 32.1. The van der Waals surface area contributed by atoms with E-state index in [4.69, 9.17) is 4.74 Å². The Morgan fingerprint density at radius 1 is 1.42 bits per heavy atom. The van der Waals surface area contributed by atoms with Crippen molar-refractivity contribution in [3.63, 3.8) is 0 Å². The van der Waals surface area contributed by atoms with E-state index in [9.17, 15) is 0 Å². The molecule has 0 saturated carbocycles. The Morgan fingerprint density at radius 2 is 2.08 bits per heavy atom. The Hall–Kier alpha value is -0.630. The number of benzene rings is 1. The molecule has 1 atom stereocenters. The van der Waals surface area contributed by atoms with E-state index in [-0.39, 0.29) is 5.25 Å². The zero-order chi connectivity index (χ0) is 8.97. The second kappa shape index (κ2) is 4.41. The first-order valence-corrected chi connectivity index (χ1v) is 4.62. The van der Waals surface area contributed by atoms with Gasteiger partial charge in [0.15, 0.2) is 0 Å². The van der Waals surface area contributed by atoms with E-state index in [0.717, 1.165) is 12.2 Å². The first-order chi connectivity index (χ1) is 5.79. The van der Waals surface area contributed by atoms with Crippen LogP contribution in [0.2, 0.25) is 0 Å². The SMILES string of the molecule is CCC(S)c1ccccc1OC. The second-order valence-electron chi connectivity index (χ2n) is 2.67. The van der Waals surface area contributed by atoms with Gasteiger partial charge < -0.3 is 4.74 Å². The number of para-hydroxylation sites is 1. The van der Waals surface area contributed by atoms with Gasteiger partial charge in [0.2, 0.25) is 0 Å². The summed E-state index contributed by atoms with van der Waals surface area (Å²) in [5, 5.41) is 0.279. The minimum atomic E-state index is 0.279. The zero-order valence-electron chi connectivity index (χ0n) is 7.45. The molecule has 0 saturated heterocycles. The van der Waals surface area contributed by atoms with E-state index in [2.05, 4.69) is 25.6 Å². The van der Waals surface area contributed by atoms with Gasteiger partial charge >= 0.3 is 0 Å². The van der Waals surface area contributed by atoms with E-state index in [0.29, 0.717) is 0 Å². The molecular formula is C10H14OS. The maximum Gasteiger partial charge on any atom is 0.123 e. The summed E-state index contributed by atoms with van der Waals surface area (Å²) in [6.45, 7) is 2.12. The molecule has 0 aliphatic rings. The molecule has 0 spiro atoms. The maximum atomic E-state index is 5.22. The molecule has 0 amide bonds. The van der Waals surface area contributed by atoms with Crippen LogP contribution < -0.4 is 4.74 Å². The molecule has 1 rings (SSSR count). The van der Waals surface area contributed by atoms with Gasteiger partial charge in [-0.2, -0.15) is 12.6 Å². The van der Waals surface area contributed by atoms with Crippen LogP contribution in [0.3, 0.4) is 0 Å². The molecule has 0 aliphatic heterocycles. The van der Waals surface area contributed by atoms with Crippen molar-refractivity contribution in [1.82, 2.24) is 0 Å². The van der Waals surface area contributed by atoms with Crippen LogP contribution in [0, 0.1) is 0 Å². The minimum Gasteiger partial charge on any atom is -0.496 e. The van der Waals surface area contributed by atoms with E-state index in [1.54, 1.807) is 7.11 Å². The fourth-order valence-electron chi connectivity index (χ4n) is 1.16. The third-order valence-electron chi connectivity index (χ3n) is 1.88. The smallest absolute Gasteiger partial charge is 0.123 e. The molecule has 1 nitrogen and oxygen atoms in total. The average Bonchev–Trinajstić information content (AvgIpc) is 2.16. The predicted octanol–water partition coefficient (Wildman–Crippen LogP) is 3.08. The predicted molar refractivity (Wildman–Crippen MR) is 55.0 cm³/mol.